The van der Waals surface area contributed by atoms with Gasteiger partial charge in [0.15, 0.2) is 13.8 Å². The average molecular weight is 283 g/mol. The second kappa shape index (κ2) is 3.29. The smallest absolute Gasteiger partial charge is 0.179 e. The molecule has 72 valence electrons. The molecule has 2 heterocycles. The Morgan fingerprint density at radius 3 is 2.77 bits per heavy atom. The van der Waals surface area contributed by atoms with Gasteiger partial charge in [0.05, 0.1) is 11.5 Å². The summed E-state index contributed by atoms with van der Waals surface area (Å²) in [6.07, 6.45) is 0.658. The van der Waals surface area contributed by atoms with E-state index in [-0.39, 0.29) is 17.4 Å². The SMILES string of the molecule is O=S1(=O)CCC(c2nsc(Br)n2)C1. The lowest BCUT2D eigenvalue weighted by atomic mass is 10.1. The number of hydrogen-bond donors (Lipinski definition) is 0. The van der Waals surface area contributed by atoms with E-state index < -0.39 is 9.84 Å². The van der Waals surface area contributed by atoms with Crippen LogP contribution in [-0.4, -0.2) is 29.3 Å². The minimum atomic E-state index is -2.83. The molecular formula is C6H7BrN2O2S2. The van der Waals surface area contributed by atoms with Gasteiger partial charge in [-0.25, -0.2) is 13.4 Å². The summed E-state index contributed by atoms with van der Waals surface area (Å²) in [5, 5.41) is 0. The van der Waals surface area contributed by atoms with Crippen LogP contribution in [0.5, 0.6) is 0 Å². The van der Waals surface area contributed by atoms with Crippen LogP contribution in [0.25, 0.3) is 0 Å². The number of sulfone groups is 1. The van der Waals surface area contributed by atoms with Crippen LogP contribution >= 0.6 is 27.5 Å². The predicted molar refractivity (Wildman–Crippen MR) is 53.6 cm³/mol. The molecule has 1 saturated heterocycles. The van der Waals surface area contributed by atoms with Crippen LogP contribution in [0.1, 0.15) is 18.2 Å². The average Bonchev–Trinajstić information content (AvgIpc) is 2.56. The minimum absolute atomic E-state index is 0.00699. The fourth-order valence-corrected chi connectivity index (χ4v) is 4.01. The maximum atomic E-state index is 11.2. The Morgan fingerprint density at radius 1 is 1.54 bits per heavy atom. The molecule has 0 spiro atoms. The molecule has 1 aliphatic heterocycles. The van der Waals surface area contributed by atoms with E-state index in [0.29, 0.717) is 16.2 Å². The monoisotopic (exact) mass is 282 g/mol. The first-order chi connectivity index (χ1) is 6.07. The second-order valence-electron chi connectivity index (χ2n) is 3.01. The van der Waals surface area contributed by atoms with Gasteiger partial charge in [0.2, 0.25) is 0 Å². The highest BCUT2D eigenvalue weighted by atomic mass is 79.9. The van der Waals surface area contributed by atoms with Crippen molar-refractivity contribution in [1.82, 2.24) is 9.36 Å². The van der Waals surface area contributed by atoms with Crippen molar-refractivity contribution in [2.75, 3.05) is 11.5 Å². The summed E-state index contributed by atoms with van der Waals surface area (Å²) in [4.78, 5) is 4.12. The van der Waals surface area contributed by atoms with Crippen molar-refractivity contribution in [3.8, 4) is 0 Å². The molecule has 1 aliphatic rings. The molecular weight excluding hydrogens is 276 g/mol. The van der Waals surface area contributed by atoms with E-state index in [1.807, 2.05) is 0 Å². The molecule has 7 heteroatoms. The Balaban J connectivity index is 2.21. The largest absolute Gasteiger partial charge is 0.229 e. The number of halogens is 1. The summed E-state index contributed by atoms with van der Waals surface area (Å²) in [5.74, 6) is 1.15. The maximum absolute atomic E-state index is 11.2. The zero-order chi connectivity index (χ0) is 9.47. The molecule has 1 fully saturated rings. The second-order valence-corrected chi connectivity index (χ2v) is 7.26. The zero-order valence-corrected chi connectivity index (χ0v) is 9.82. The molecule has 0 aromatic carbocycles. The van der Waals surface area contributed by atoms with Gasteiger partial charge in [-0.05, 0) is 33.9 Å². The van der Waals surface area contributed by atoms with Crippen LogP contribution in [0.15, 0.2) is 3.92 Å². The summed E-state index contributed by atoms with van der Waals surface area (Å²) in [7, 11) is -2.83. The molecule has 4 nitrogen and oxygen atoms in total. The molecule has 0 N–H and O–H groups in total. The molecule has 1 aromatic rings. The van der Waals surface area contributed by atoms with E-state index >= 15 is 0 Å². The van der Waals surface area contributed by atoms with Crippen molar-refractivity contribution in [2.24, 2.45) is 0 Å². The highest BCUT2D eigenvalue weighted by Crippen LogP contribution is 2.28. The first-order valence-electron chi connectivity index (χ1n) is 3.76. The van der Waals surface area contributed by atoms with Gasteiger partial charge in [-0.3, -0.25) is 0 Å². The van der Waals surface area contributed by atoms with Gasteiger partial charge in [0.25, 0.3) is 0 Å². The van der Waals surface area contributed by atoms with Gasteiger partial charge in [0.1, 0.15) is 5.82 Å². The Morgan fingerprint density at radius 2 is 2.31 bits per heavy atom. The Hall–Kier alpha value is -0.0100. The van der Waals surface area contributed by atoms with Crippen molar-refractivity contribution in [3.63, 3.8) is 0 Å². The quantitative estimate of drug-likeness (QED) is 0.777. The fraction of sp³-hybridized carbons (Fsp3) is 0.667. The molecule has 2 rings (SSSR count). The maximum Gasteiger partial charge on any atom is 0.179 e. The van der Waals surface area contributed by atoms with E-state index in [1.54, 1.807) is 0 Å². The van der Waals surface area contributed by atoms with Gasteiger partial charge >= 0.3 is 0 Å². The van der Waals surface area contributed by atoms with Crippen molar-refractivity contribution < 1.29 is 8.42 Å². The van der Waals surface area contributed by atoms with E-state index in [4.69, 9.17) is 0 Å². The number of hydrogen-bond acceptors (Lipinski definition) is 5. The number of aromatic nitrogens is 2. The summed E-state index contributed by atoms with van der Waals surface area (Å²) in [6, 6.07) is 0. The molecule has 13 heavy (non-hydrogen) atoms. The van der Waals surface area contributed by atoms with Crippen molar-refractivity contribution >= 4 is 37.3 Å². The normalized spacial score (nSPS) is 26.4. The third-order valence-electron chi connectivity index (χ3n) is 2.01. The van der Waals surface area contributed by atoms with Gasteiger partial charge in [-0.2, -0.15) is 4.37 Å². The third kappa shape index (κ3) is 2.08. The van der Waals surface area contributed by atoms with E-state index in [9.17, 15) is 8.42 Å². The predicted octanol–water partition coefficient (Wildman–Crippen LogP) is 1.20. The molecule has 0 bridgehead atoms. The van der Waals surface area contributed by atoms with Crippen molar-refractivity contribution in [3.05, 3.63) is 9.74 Å². The molecule has 0 aliphatic carbocycles. The molecule has 0 saturated carbocycles. The lowest BCUT2D eigenvalue weighted by Gasteiger charge is -1.98. The first-order valence-corrected chi connectivity index (χ1v) is 7.15. The molecule has 1 atom stereocenters. The van der Waals surface area contributed by atoms with E-state index in [1.165, 1.54) is 11.5 Å². The molecule has 1 unspecified atom stereocenters. The van der Waals surface area contributed by atoms with Crippen LogP contribution in [-0.2, 0) is 9.84 Å². The minimum Gasteiger partial charge on any atom is -0.229 e. The standard InChI is InChI=1S/C6H7BrN2O2S2/c7-6-8-5(9-12-6)4-1-2-13(10,11)3-4/h4H,1-3H2. The van der Waals surface area contributed by atoms with Crippen LogP contribution in [0.3, 0.4) is 0 Å². The van der Waals surface area contributed by atoms with E-state index in [2.05, 4.69) is 25.3 Å². The summed E-state index contributed by atoms with van der Waals surface area (Å²) in [6.45, 7) is 0. The van der Waals surface area contributed by atoms with Crippen LogP contribution in [0.4, 0.5) is 0 Å². The first kappa shape index (κ1) is 9.54. The highest BCUT2D eigenvalue weighted by molar-refractivity contribution is 9.11. The number of nitrogens with zero attached hydrogens (tertiary/aromatic N) is 2. The van der Waals surface area contributed by atoms with Crippen molar-refractivity contribution in [2.45, 2.75) is 12.3 Å². The zero-order valence-electron chi connectivity index (χ0n) is 6.60. The van der Waals surface area contributed by atoms with Gasteiger partial charge < -0.3 is 0 Å². The lowest BCUT2D eigenvalue weighted by Crippen LogP contribution is -2.04. The molecule has 0 amide bonds. The molecule has 1 aromatic heterocycles. The summed E-state index contributed by atoms with van der Waals surface area (Å²) in [5.41, 5.74) is 0. The van der Waals surface area contributed by atoms with Crippen LogP contribution in [0.2, 0.25) is 0 Å². The topological polar surface area (TPSA) is 59.9 Å². The Labute approximate surface area is 88.6 Å². The lowest BCUT2D eigenvalue weighted by molar-refractivity contribution is 0.601. The fourth-order valence-electron chi connectivity index (χ4n) is 1.38. The van der Waals surface area contributed by atoms with Gasteiger partial charge in [-0.1, -0.05) is 0 Å². The third-order valence-corrected chi connectivity index (χ3v) is 4.91. The molecule has 0 radical (unpaired) electrons. The highest BCUT2D eigenvalue weighted by Gasteiger charge is 2.31. The van der Waals surface area contributed by atoms with Gasteiger partial charge in [-0.15, -0.1) is 0 Å². The number of rotatable bonds is 1. The Bertz CT molecular complexity index is 414. The van der Waals surface area contributed by atoms with Crippen molar-refractivity contribution in [1.29, 1.82) is 0 Å². The van der Waals surface area contributed by atoms with E-state index in [0.717, 1.165) is 0 Å². The van der Waals surface area contributed by atoms with Crippen LogP contribution < -0.4 is 0 Å². The van der Waals surface area contributed by atoms with Gasteiger partial charge in [0, 0.05) is 5.92 Å². The Kier molecular flexibility index (Phi) is 2.41. The summed E-state index contributed by atoms with van der Waals surface area (Å²) < 4.78 is 27.1. The van der Waals surface area contributed by atoms with Crippen LogP contribution in [0, 0.1) is 0 Å². The summed E-state index contributed by atoms with van der Waals surface area (Å²) >= 11 is 4.46.